The largest absolute Gasteiger partial charge is 0.361 e. The molecule has 13 heteroatoms. The number of H-pyrrole nitrogens is 1. The van der Waals surface area contributed by atoms with E-state index < -0.39 is 37.9 Å². The van der Waals surface area contributed by atoms with Crippen molar-refractivity contribution in [1.29, 1.82) is 0 Å². The summed E-state index contributed by atoms with van der Waals surface area (Å²) in [6.45, 7) is -0.0534. The fraction of sp³-hybridized carbons (Fsp3) is 0.154. The monoisotopic (exact) mass is 630 g/mol. The Hall–Kier alpha value is -3.36. The van der Waals surface area contributed by atoms with Gasteiger partial charge in [-0.25, -0.2) is 26.9 Å². The number of nitrogens with two attached hydrogens (primary N) is 1. The molecule has 1 aliphatic rings. The molecular weight excluding hydrogens is 608 g/mol. The first kappa shape index (κ1) is 27.2. The van der Waals surface area contributed by atoms with E-state index in [2.05, 4.69) is 20.9 Å². The zero-order valence-electron chi connectivity index (χ0n) is 20.3. The molecule has 0 saturated carbocycles. The van der Waals surface area contributed by atoms with Gasteiger partial charge in [0.15, 0.2) is 0 Å². The molecule has 1 saturated heterocycles. The second-order valence-electron chi connectivity index (χ2n) is 9.01. The molecule has 1 aliphatic heterocycles. The lowest BCUT2D eigenvalue weighted by Gasteiger charge is -2.27. The quantitative estimate of drug-likeness (QED) is 0.285. The van der Waals surface area contributed by atoms with Crippen LogP contribution in [0.3, 0.4) is 0 Å². The minimum Gasteiger partial charge on any atom is -0.361 e. The van der Waals surface area contributed by atoms with Crippen LogP contribution in [0.15, 0.2) is 93.3 Å². The maximum Gasteiger partial charge on any atom is 0.252 e. The number of para-hydroxylation sites is 1. The molecule has 0 aliphatic carbocycles. The van der Waals surface area contributed by atoms with E-state index >= 15 is 0 Å². The number of nitrogens with zero attached hydrogens (tertiary/aromatic N) is 2. The summed E-state index contributed by atoms with van der Waals surface area (Å²) in [7, 11) is -8.16. The number of aromatic amines is 1. The van der Waals surface area contributed by atoms with Crippen LogP contribution in [0.2, 0.25) is 0 Å². The Bertz CT molecular complexity index is 1790. The van der Waals surface area contributed by atoms with Crippen molar-refractivity contribution < 1.29 is 26.4 Å². The predicted octanol–water partition coefficient (Wildman–Crippen LogP) is 3.14. The van der Waals surface area contributed by atoms with Gasteiger partial charge in [0.1, 0.15) is 6.04 Å². The Kier molecular flexibility index (Phi) is 7.20. The Morgan fingerprint density at radius 1 is 0.923 bits per heavy atom. The number of hydrogen-bond donors (Lipinski definition) is 2. The first-order valence-corrected chi connectivity index (χ1v) is 15.6. The molecule has 2 amide bonds. The van der Waals surface area contributed by atoms with Crippen molar-refractivity contribution in [3.63, 3.8) is 0 Å². The molecule has 0 spiro atoms. The Morgan fingerprint density at radius 3 is 2.23 bits per heavy atom. The highest BCUT2D eigenvalue weighted by Gasteiger charge is 2.46. The van der Waals surface area contributed by atoms with Crippen LogP contribution in [0.25, 0.3) is 10.9 Å². The number of rotatable bonds is 8. The van der Waals surface area contributed by atoms with Gasteiger partial charge in [0.25, 0.3) is 5.91 Å². The maximum atomic E-state index is 13.8. The summed E-state index contributed by atoms with van der Waals surface area (Å²) >= 11 is 3.30. The van der Waals surface area contributed by atoms with E-state index in [-0.39, 0.29) is 28.4 Å². The van der Waals surface area contributed by atoms with Crippen LogP contribution in [0.1, 0.15) is 12.0 Å². The third-order valence-corrected chi connectivity index (χ3v) is 9.97. The molecule has 5 rings (SSSR count). The number of fused-ring (bicyclic) bond motifs is 1. The van der Waals surface area contributed by atoms with Crippen LogP contribution in [0.5, 0.6) is 0 Å². The van der Waals surface area contributed by atoms with E-state index in [0.717, 1.165) is 25.7 Å². The molecule has 202 valence electrons. The summed E-state index contributed by atoms with van der Waals surface area (Å²) in [5.41, 5.74) is 1.89. The van der Waals surface area contributed by atoms with Crippen molar-refractivity contribution in [3.05, 3.63) is 89.0 Å². The zero-order valence-corrected chi connectivity index (χ0v) is 23.5. The molecule has 3 aromatic carbocycles. The summed E-state index contributed by atoms with van der Waals surface area (Å²) in [5.74, 6) is -1.32. The first-order valence-electron chi connectivity index (χ1n) is 11.8. The van der Waals surface area contributed by atoms with E-state index in [1.54, 1.807) is 18.3 Å². The highest BCUT2D eigenvalue weighted by atomic mass is 79.9. The van der Waals surface area contributed by atoms with Crippen molar-refractivity contribution in [2.45, 2.75) is 28.7 Å². The normalized spacial score (nSPS) is 16.5. The van der Waals surface area contributed by atoms with Gasteiger partial charge in [-0.2, -0.15) is 4.31 Å². The number of amides is 2. The standard InChI is InChI=1S/C26H23BrN4O6S2/c27-18-5-9-21(10-6-18)39(36,37)30(14-13-17-16-29-23-4-2-1-3-22(17)23)24-15-25(32)31(26(24)33)19-7-11-20(12-8-19)38(28,34)35/h1-12,16,24,29H,13-15H2,(H2,28,34,35). The average molecular weight is 632 g/mol. The summed E-state index contributed by atoms with van der Waals surface area (Å²) in [6.07, 6.45) is 1.73. The molecule has 2 heterocycles. The highest BCUT2D eigenvalue weighted by molar-refractivity contribution is 9.10. The third-order valence-electron chi connectivity index (χ3n) is 6.59. The number of nitrogens with one attached hydrogen (secondary N) is 1. The Morgan fingerprint density at radius 2 is 1.56 bits per heavy atom. The number of imide groups is 1. The lowest BCUT2D eigenvalue weighted by Crippen LogP contribution is -2.46. The van der Waals surface area contributed by atoms with Gasteiger partial charge in [-0.05, 0) is 66.6 Å². The van der Waals surface area contributed by atoms with Gasteiger partial charge in [0.2, 0.25) is 26.0 Å². The minimum atomic E-state index is -4.19. The van der Waals surface area contributed by atoms with Gasteiger partial charge < -0.3 is 4.98 Å². The third kappa shape index (κ3) is 5.28. The van der Waals surface area contributed by atoms with Crippen LogP contribution in [-0.4, -0.2) is 50.5 Å². The predicted molar refractivity (Wildman–Crippen MR) is 149 cm³/mol. The molecule has 1 aromatic heterocycles. The van der Waals surface area contributed by atoms with Crippen LogP contribution >= 0.6 is 15.9 Å². The van der Waals surface area contributed by atoms with Gasteiger partial charge in [0, 0.05) is 28.1 Å². The van der Waals surface area contributed by atoms with Crippen LogP contribution < -0.4 is 10.0 Å². The second kappa shape index (κ2) is 10.3. The number of sulfonamides is 2. The van der Waals surface area contributed by atoms with Gasteiger partial charge in [-0.1, -0.05) is 34.1 Å². The van der Waals surface area contributed by atoms with Gasteiger partial charge in [-0.15, -0.1) is 0 Å². The maximum absolute atomic E-state index is 13.8. The van der Waals surface area contributed by atoms with Crippen molar-refractivity contribution in [1.82, 2.24) is 9.29 Å². The van der Waals surface area contributed by atoms with E-state index in [4.69, 9.17) is 5.14 Å². The van der Waals surface area contributed by atoms with Crippen LogP contribution in [0.4, 0.5) is 5.69 Å². The minimum absolute atomic E-state index is 0.0131. The van der Waals surface area contributed by atoms with E-state index in [1.807, 2.05) is 24.3 Å². The fourth-order valence-corrected chi connectivity index (χ4v) is 7.01. The number of primary sulfonamides is 1. The Labute approximate surface area is 233 Å². The van der Waals surface area contributed by atoms with E-state index in [0.29, 0.717) is 10.9 Å². The number of halogens is 1. The number of carbonyl (C=O) groups excluding carboxylic acids is 2. The molecular formula is C26H23BrN4O6S2. The Balaban J connectivity index is 1.50. The lowest BCUT2D eigenvalue weighted by atomic mass is 10.1. The number of benzene rings is 3. The van der Waals surface area contributed by atoms with Gasteiger partial charge in [-0.3, -0.25) is 9.59 Å². The number of carbonyl (C=O) groups is 2. The molecule has 0 radical (unpaired) electrons. The molecule has 1 unspecified atom stereocenters. The summed E-state index contributed by atoms with van der Waals surface area (Å²) in [6, 6.07) is 17.3. The molecule has 4 aromatic rings. The van der Waals surface area contributed by atoms with Crippen molar-refractivity contribution in [2.75, 3.05) is 11.4 Å². The lowest BCUT2D eigenvalue weighted by molar-refractivity contribution is -0.122. The second-order valence-corrected chi connectivity index (χ2v) is 13.4. The summed E-state index contributed by atoms with van der Waals surface area (Å²) in [5, 5.41) is 6.08. The SMILES string of the molecule is NS(=O)(=O)c1ccc(N2C(=O)CC(N(CCc3c[nH]c4ccccc34)S(=O)(=O)c3ccc(Br)cc3)C2=O)cc1. The van der Waals surface area contributed by atoms with Gasteiger partial charge in [0.05, 0.1) is 21.9 Å². The summed E-state index contributed by atoms with van der Waals surface area (Å²) in [4.78, 5) is 30.5. The van der Waals surface area contributed by atoms with Crippen molar-refractivity contribution >= 4 is 64.4 Å². The highest BCUT2D eigenvalue weighted by Crippen LogP contribution is 2.31. The molecule has 10 nitrogen and oxygen atoms in total. The molecule has 1 atom stereocenters. The molecule has 1 fully saturated rings. The molecule has 39 heavy (non-hydrogen) atoms. The average Bonchev–Trinajstić information content (AvgIpc) is 3.44. The molecule has 3 N–H and O–H groups in total. The van der Waals surface area contributed by atoms with Crippen molar-refractivity contribution in [2.24, 2.45) is 5.14 Å². The molecule has 0 bridgehead atoms. The smallest absolute Gasteiger partial charge is 0.252 e. The number of hydrogen-bond acceptors (Lipinski definition) is 6. The zero-order chi connectivity index (χ0) is 27.9. The first-order chi connectivity index (χ1) is 18.5. The van der Waals surface area contributed by atoms with Gasteiger partial charge >= 0.3 is 0 Å². The topological polar surface area (TPSA) is 151 Å². The summed E-state index contributed by atoms with van der Waals surface area (Å²) < 4.78 is 52.7. The van der Waals surface area contributed by atoms with E-state index in [1.165, 1.54) is 36.4 Å². The van der Waals surface area contributed by atoms with E-state index in [9.17, 15) is 26.4 Å². The van der Waals surface area contributed by atoms with Crippen LogP contribution in [0, 0.1) is 0 Å². The van der Waals surface area contributed by atoms with Crippen molar-refractivity contribution in [3.8, 4) is 0 Å². The fourth-order valence-electron chi connectivity index (χ4n) is 4.65. The van der Waals surface area contributed by atoms with Crippen LogP contribution in [-0.2, 0) is 36.1 Å². The number of anilines is 1. The number of aromatic nitrogens is 1.